The van der Waals surface area contributed by atoms with Gasteiger partial charge in [0.05, 0.1) is 7.11 Å². The lowest BCUT2D eigenvalue weighted by Crippen LogP contribution is -2.39. The van der Waals surface area contributed by atoms with Gasteiger partial charge >= 0.3 is 0 Å². The van der Waals surface area contributed by atoms with E-state index in [1.807, 2.05) is 73.4 Å². The Kier molecular flexibility index (Phi) is 7.27. The van der Waals surface area contributed by atoms with E-state index in [1.165, 1.54) is 0 Å². The topological polar surface area (TPSA) is 38.8 Å². The summed E-state index contributed by atoms with van der Waals surface area (Å²) in [5.74, 6) is 1.13. The number of ether oxygens (including phenoxy) is 2. The molecule has 138 valence electrons. The van der Waals surface area contributed by atoms with Crippen molar-refractivity contribution < 1.29 is 14.3 Å². The molecule has 0 saturated heterocycles. The summed E-state index contributed by atoms with van der Waals surface area (Å²) in [6.45, 7) is 8.29. The summed E-state index contributed by atoms with van der Waals surface area (Å²) in [6, 6.07) is 15.7. The molecule has 0 bridgehead atoms. The maximum absolute atomic E-state index is 12.7. The summed E-state index contributed by atoms with van der Waals surface area (Å²) in [5.41, 5.74) is 2.18. The third-order valence-corrected chi connectivity index (χ3v) is 4.10. The number of benzene rings is 2. The zero-order valence-corrected chi connectivity index (χ0v) is 15.8. The van der Waals surface area contributed by atoms with Crippen molar-refractivity contribution in [3.8, 4) is 11.5 Å². The molecular weight excluding hydrogens is 326 g/mol. The van der Waals surface area contributed by atoms with E-state index < -0.39 is 0 Å². The fourth-order valence-electron chi connectivity index (χ4n) is 2.69. The van der Waals surface area contributed by atoms with Gasteiger partial charge in [0.15, 0.2) is 18.1 Å². The molecule has 0 fully saturated rings. The number of amides is 1. The molecule has 0 aliphatic heterocycles. The molecule has 0 heterocycles. The fourth-order valence-corrected chi connectivity index (χ4v) is 2.69. The van der Waals surface area contributed by atoms with Crippen molar-refractivity contribution in [2.24, 2.45) is 0 Å². The molecule has 0 N–H and O–H groups in total. The minimum absolute atomic E-state index is 0.0256. The van der Waals surface area contributed by atoms with Gasteiger partial charge in [0, 0.05) is 12.6 Å². The fraction of sp³-hybridized carbons (Fsp3) is 0.318. The van der Waals surface area contributed by atoms with Crippen molar-refractivity contribution in [3.63, 3.8) is 0 Å². The maximum Gasteiger partial charge on any atom is 0.261 e. The second-order valence-electron chi connectivity index (χ2n) is 6.37. The Balaban J connectivity index is 2.04. The van der Waals surface area contributed by atoms with Crippen LogP contribution in [0.25, 0.3) is 0 Å². The summed E-state index contributed by atoms with van der Waals surface area (Å²) in [4.78, 5) is 14.5. The lowest BCUT2D eigenvalue weighted by atomic mass is 10.1. The number of methoxy groups -OCH3 is 1. The van der Waals surface area contributed by atoms with E-state index in [-0.39, 0.29) is 18.6 Å². The van der Waals surface area contributed by atoms with Crippen molar-refractivity contribution in [2.45, 2.75) is 32.9 Å². The Morgan fingerprint density at radius 2 is 1.85 bits per heavy atom. The summed E-state index contributed by atoms with van der Waals surface area (Å²) in [6.07, 6.45) is 2.59. The van der Waals surface area contributed by atoms with Gasteiger partial charge in [-0.15, -0.1) is 6.58 Å². The first kappa shape index (κ1) is 19.6. The van der Waals surface area contributed by atoms with Gasteiger partial charge < -0.3 is 14.4 Å². The number of allylic oxidation sites excluding steroid dienone is 1. The van der Waals surface area contributed by atoms with Crippen LogP contribution in [0, 0.1) is 0 Å². The largest absolute Gasteiger partial charge is 0.493 e. The molecule has 0 aliphatic rings. The molecule has 2 aromatic rings. The van der Waals surface area contributed by atoms with Crippen molar-refractivity contribution in [2.75, 3.05) is 13.7 Å². The molecule has 26 heavy (non-hydrogen) atoms. The molecule has 0 unspecified atom stereocenters. The third kappa shape index (κ3) is 5.38. The number of rotatable bonds is 9. The lowest BCUT2D eigenvalue weighted by Gasteiger charge is -2.27. The van der Waals surface area contributed by atoms with Gasteiger partial charge in [0.2, 0.25) is 0 Å². The smallest absolute Gasteiger partial charge is 0.261 e. The van der Waals surface area contributed by atoms with Crippen molar-refractivity contribution in [1.29, 1.82) is 0 Å². The summed E-state index contributed by atoms with van der Waals surface area (Å²) in [5, 5.41) is 0. The number of carbonyl (C=O) groups is 1. The predicted octanol–water partition coefficient (Wildman–Crippen LogP) is 4.24. The van der Waals surface area contributed by atoms with Crippen LogP contribution in [-0.4, -0.2) is 30.6 Å². The van der Waals surface area contributed by atoms with Gasteiger partial charge in [-0.3, -0.25) is 4.79 Å². The Morgan fingerprint density at radius 1 is 1.12 bits per heavy atom. The SMILES string of the molecule is C=CCc1ccc(OCC(=O)N(Cc2ccccc2)C(C)C)c(OC)c1. The highest BCUT2D eigenvalue weighted by Gasteiger charge is 2.18. The van der Waals surface area contributed by atoms with Crippen molar-refractivity contribution >= 4 is 5.91 Å². The van der Waals surface area contributed by atoms with Crippen LogP contribution in [0.3, 0.4) is 0 Å². The highest BCUT2D eigenvalue weighted by molar-refractivity contribution is 5.78. The average molecular weight is 353 g/mol. The Morgan fingerprint density at radius 3 is 2.46 bits per heavy atom. The zero-order chi connectivity index (χ0) is 18.9. The van der Waals surface area contributed by atoms with E-state index in [1.54, 1.807) is 7.11 Å². The van der Waals surface area contributed by atoms with E-state index >= 15 is 0 Å². The first-order chi connectivity index (χ1) is 12.5. The zero-order valence-electron chi connectivity index (χ0n) is 15.8. The molecule has 1 amide bonds. The van der Waals surface area contributed by atoms with Gasteiger partial charge in [-0.25, -0.2) is 0 Å². The molecule has 2 aromatic carbocycles. The molecule has 0 atom stereocenters. The molecule has 0 saturated carbocycles. The first-order valence-electron chi connectivity index (χ1n) is 8.79. The van der Waals surface area contributed by atoms with Crippen molar-refractivity contribution in [1.82, 2.24) is 4.90 Å². The molecular formula is C22H27NO3. The third-order valence-electron chi connectivity index (χ3n) is 4.10. The quantitative estimate of drug-likeness (QED) is 0.633. The Hall–Kier alpha value is -2.75. The van der Waals surface area contributed by atoms with Crippen LogP contribution in [0.1, 0.15) is 25.0 Å². The predicted molar refractivity (Wildman–Crippen MR) is 105 cm³/mol. The molecule has 0 radical (unpaired) electrons. The van der Waals surface area contributed by atoms with Crippen LogP contribution in [0.15, 0.2) is 61.2 Å². The summed E-state index contributed by atoms with van der Waals surface area (Å²) < 4.78 is 11.1. The normalized spacial score (nSPS) is 10.5. The molecule has 4 nitrogen and oxygen atoms in total. The van der Waals surface area contributed by atoms with E-state index in [4.69, 9.17) is 9.47 Å². The molecule has 4 heteroatoms. The number of carbonyl (C=O) groups excluding carboxylic acids is 1. The highest BCUT2D eigenvalue weighted by atomic mass is 16.5. The van der Waals surface area contributed by atoms with Crippen LogP contribution in [0.2, 0.25) is 0 Å². The van der Waals surface area contributed by atoms with E-state index in [2.05, 4.69) is 6.58 Å². The van der Waals surface area contributed by atoms with Crippen LogP contribution in [0.5, 0.6) is 11.5 Å². The van der Waals surface area contributed by atoms with Crippen molar-refractivity contribution in [3.05, 3.63) is 72.3 Å². The Labute approximate surface area is 156 Å². The second kappa shape index (κ2) is 9.66. The van der Waals surface area contributed by atoms with E-state index in [0.29, 0.717) is 18.0 Å². The van der Waals surface area contributed by atoms with E-state index in [0.717, 1.165) is 17.5 Å². The van der Waals surface area contributed by atoms with Gasteiger partial charge in [0.1, 0.15) is 0 Å². The number of nitrogens with zero attached hydrogens (tertiary/aromatic N) is 1. The second-order valence-corrected chi connectivity index (χ2v) is 6.37. The number of hydrogen-bond donors (Lipinski definition) is 0. The maximum atomic E-state index is 12.7. The monoisotopic (exact) mass is 353 g/mol. The summed E-state index contributed by atoms with van der Waals surface area (Å²) >= 11 is 0. The van der Waals surface area contributed by atoms with Gasteiger partial charge in [-0.2, -0.15) is 0 Å². The van der Waals surface area contributed by atoms with Crippen LogP contribution >= 0.6 is 0 Å². The highest BCUT2D eigenvalue weighted by Crippen LogP contribution is 2.28. The lowest BCUT2D eigenvalue weighted by molar-refractivity contribution is -0.135. The van der Waals surface area contributed by atoms with Gasteiger partial charge in [-0.1, -0.05) is 42.5 Å². The molecule has 0 aromatic heterocycles. The average Bonchev–Trinajstić information content (AvgIpc) is 2.65. The van der Waals surface area contributed by atoms with Crippen LogP contribution < -0.4 is 9.47 Å². The molecule has 0 spiro atoms. The summed E-state index contributed by atoms with van der Waals surface area (Å²) in [7, 11) is 1.59. The van der Waals surface area contributed by atoms with E-state index in [9.17, 15) is 4.79 Å². The van der Waals surface area contributed by atoms with Crippen LogP contribution in [0.4, 0.5) is 0 Å². The Bertz CT molecular complexity index is 725. The standard InChI is InChI=1S/C22H27NO3/c1-5-9-18-12-13-20(21(14-18)25-4)26-16-22(24)23(17(2)3)15-19-10-7-6-8-11-19/h5-8,10-14,17H,1,9,15-16H2,2-4H3. The minimum atomic E-state index is -0.0546. The minimum Gasteiger partial charge on any atom is -0.493 e. The number of hydrogen-bond acceptors (Lipinski definition) is 3. The van der Waals surface area contributed by atoms with Gasteiger partial charge in [-0.05, 0) is 43.5 Å². The first-order valence-corrected chi connectivity index (χ1v) is 8.79. The van der Waals surface area contributed by atoms with Crippen LogP contribution in [-0.2, 0) is 17.8 Å². The molecule has 2 rings (SSSR count). The van der Waals surface area contributed by atoms with Gasteiger partial charge in [0.25, 0.3) is 5.91 Å². The molecule has 0 aliphatic carbocycles.